The second kappa shape index (κ2) is 8.66. The summed E-state index contributed by atoms with van der Waals surface area (Å²) in [5, 5.41) is 3.19. The number of carbonyl (C=O) groups excluding carboxylic acids is 1. The summed E-state index contributed by atoms with van der Waals surface area (Å²) in [6.45, 7) is 0.492. The first-order valence-electron chi connectivity index (χ1n) is 11.0. The molecule has 2 aliphatic rings. The molecule has 1 saturated heterocycles. The van der Waals surface area contributed by atoms with Crippen molar-refractivity contribution < 1.29 is 22.4 Å². The number of fused-ring (bicyclic) bond motifs is 2. The highest BCUT2D eigenvalue weighted by Crippen LogP contribution is 2.39. The summed E-state index contributed by atoms with van der Waals surface area (Å²) in [6.07, 6.45) is 1.70. The van der Waals surface area contributed by atoms with Crippen molar-refractivity contribution in [2.24, 2.45) is 5.92 Å². The van der Waals surface area contributed by atoms with Gasteiger partial charge in [-0.1, -0.05) is 12.1 Å². The van der Waals surface area contributed by atoms with Gasteiger partial charge in [-0.15, -0.1) is 0 Å². The molecule has 10 heteroatoms. The summed E-state index contributed by atoms with van der Waals surface area (Å²) in [6, 6.07) is 7.83. The number of amides is 1. The standard InChI is InChI=1S/C24H21F4N5O/c25-17-4-1-3-16(22-29-9-2-10-30-22)21(17)23(34)33-13-14-5-7-18(19(33)11-14)32-20-8-6-15(12-31-20)24(26,27)28/h1-4,6,8-10,12,14,18-19H,5,7,11,13H2,(H,31,32). The smallest absolute Gasteiger partial charge is 0.365 e. The Morgan fingerprint density at radius 3 is 2.53 bits per heavy atom. The van der Waals surface area contributed by atoms with E-state index in [1.165, 1.54) is 30.6 Å². The van der Waals surface area contributed by atoms with Crippen LogP contribution in [-0.4, -0.2) is 44.4 Å². The van der Waals surface area contributed by atoms with Gasteiger partial charge in [0.2, 0.25) is 0 Å². The lowest BCUT2D eigenvalue weighted by atomic mass is 9.86. The SMILES string of the molecule is O=C(c1c(F)cccc1-c1ncccn1)N1CC2CCC(Nc3ccc(C(F)(F)F)cn3)C1C2. The lowest BCUT2D eigenvalue weighted by Gasteiger charge is -2.34. The Labute approximate surface area is 193 Å². The minimum absolute atomic E-state index is 0.0762. The Balaban J connectivity index is 1.41. The number of halogens is 4. The number of pyridine rings is 1. The van der Waals surface area contributed by atoms with Crippen LogP contribution < -0.4 is 5.32 Å². The van der Waals surface area contributed by atoms with Gasteiger partial charge >= 0.3 is 6.18 Å². The molecule has 0 spiro atoms. The van der Waals surface area contributed by atoms with E-state index in [0.717, 1.165) is 31.5 Å². The molecule has 176 valence electrons. The normalized spacial score (nSPS) is 22.0. The van der Waals surface area contributed by atoms with Crippen molar-refractivity contribution in [2.75, 3.05) is 11.9 Å². The van der Waals surface area contributed by atoms with Crippen molar-refractivity contribution >= 4 is 11.7 Å². The quantitative estimate of drug-likeness (QED) is 0.554. The molecule has 3 aromatic rings. The van der Waals surface area contributed by atoms with E-state index < -0.39 is 23.5 Å². The first kappa shape index (κ1) is 22.2. The Bertz CT molecular complexity index is 1190. The number of aromatic nitrogens is 3. The minimum Gasteiger partial charge on any atom is -0.365 e. The average molecular weight is 471 g/mol. The molecule has 1 aliphatic carbocycles. The third-order valence-electron chi connectivity index (χ3n) is 6.50. The van der Waals surface area contributed by atoms with E-state index in [2.05, 4.69) is 20.3 Å². The van der Waals surface area contributed by atoms with Gasteiger partial charge in [-0.05, 0) is 49.4 Å². The van der Waals surface area contributed by atoms with Gasteiger partial charge in [-0.25, -0.2) is 19.3 Å². The van der Waals surface area contributed by atoms with E-state index >= 15 is 0 Å². The van der Waals surface area contributed by atoms with Crippen LogP contribution in [0.25, 0.3) is 11.4 Å². The van der Waals surface area contributed by atoms with Crippen molar-refractivity contribution in [3.63, 3.8) is 0 Å². The van der Waals surface area contributed by atoms with Gasteiger partial charge in [0, 0.05) is 36.7 Å². The lowest BCUT2D eigenvalue weighted by Crippen LogP contribution is -2.46. The number of likely N-dealkylation sites (tertiary alicyclic amines) is 1. The number of alkyl halides is 3. The predicted octanol–water partition coefficient (Wildman–Crippen LogP) is 4.80. The van der Waals surface area contributed by atoms with Crippen molar-refractivity contribution in [2.45, 2.75) is 37.5 Å². The van der Waals surface area contributed by atoms with Crippen LogP contribution in [0.1, 0.15) is 35.2 Å². The summed E-state index contributed by atoms with van der Waals surface area (Å²) in [5.74, 6) is -0.237. The third kappa shape index (κ3) is 4.20. The van der Waals surface area contributed by atoms with Crippen molar-refractivity contribution in [1.82, 2.24) is 19.9 Å². The summed E-state index contributed by atoms with van der Waals surface area (Å²) in [5.41, 5.74) is -0.580. The zero-order valence-corrected chi connectivity index (χ0v) is 18.0. The molecule has 2 bridgehead atoms. The first-order chi connectivity index (χ1) is 16.3. The summed E-state index contributed by atoms with van der Waals surface area (Å²) >= 11 is 0. The summed E-state index contributed by atoms with van der Waals surface area (Å²) in [7, 11) is 0. The molecule has 2 fully saturated rings. The van der Waals surface area contributed by atoms with E-state index in [1.54, 1.807) is 17.0 Å². The lowest BCUT2D eigenvalue weighted by molar-refractivity contribution is -0.137. The van der Waals surface area contributed by atoms with Gasteiger partial charge < -0.3 is 10.2 Å². The maximum absolute atomic E-state index is 14.9. The van der Waals surface area contributed by atoms with Gasteiger partial charge in [-0.3, -0.25) is 4.79 Å². The number of nitrogens with one attached hydrogen (secondary N) is 1. The van der Waals surface area contributed by atoms with E-state index in [-0.39, 0.29) is 29.4 Å². The van der Waals surface area contributed by atoms with Crippen molar-refractivity contribution in [3.05, 3.63) is 71.9 Å². The summed E-state index contributed by atoms with van der Waals surface area (Å²) < 4.78 is 53.5. The minimum atomic E-state index is -4.46. The second-order valence-corrected chi connectivity index (χ2v) is 8.62. The van der Waals surface area contributed by atoms with E-state index in [4.69, 9.17) is 0 Å². The molecule has 1 aliphatic heterocycles. The molecule has 3 unspecified atom stereocenters. The van der Waals surface area contributed by atoms with Crippen LogP contribution in [0.4, 0.5) is 23.4 Å². The topological polar surface area (TPSA) is 71.0 Å². The fraction of sp³-hybridized carbons (Fsp3) is 0.333. The molecule has 1 saturated carbocycles. The van der Waals surface area contributed by atoms with Crippen molar-refractivity contribution in [3.8, 4) is 11.4 Å². The van der Waals surface area contributed by atoms with Gasteiger partial charge in [0.1, 0.15) is 11.6 Å². The van der Waals surface area contributed by atoms with Gasteiger partial charge in [0.25, 0.3) is 5.91 Å². The zero-order valence-electron chi connectivity index (χ0n) is 18.0. The number of nitrogens with zero attached hydrogens (tertiary/aromatic N) is 4. The monoisotopic (exact) mass is 471 g/mol. The molecule has 2 aromatic heterocycles. The third-order valence-corrected chi connectivity index (χ3v) is 6.50. The largest absolute Gasteiger partial charge is 0.417 e. The summed E-state index contributed by atoms with van der Waals surface area (Å²) in [4.78, 5) is 27.5. The number of hydrogen-bond acceptors (Lipinski definition) is 5. The van der Waals surface area contributed by atoms with Crippen LogP contribution in [-0.2, 0) is 6.18 Å². The number of hydrogen-bond donors (Lipinski definition) is 1. The molecule has 1 aromatic carbocycles. The maximum atomic E-state index is 14.9. The molecular formula is C24H21F4N5O. The molecule has 1 amide bonds. The number of carbonyl (C=O) groups is 1. The second-order valence-electron chi connectivity index (χ2n) is 8.62. The average Bonchev–Trinajstić information content (AvgIpc) is 3.18. The van der Waals surface area contributed by atoms with Gasteiger partial charge in [0.15, 0.2) is 5.82 Å². The number of anilines is 1. The fourth-order valence-corrected chi connectivity index (χ4v) is 4.90. The first-order valence-corrected chi connectivity index (χ1v) is 11.0. The highest BCUT2D eigenvalue weighted by molar-refractivity contribution is 6.00. The number of rotatable bonds is 4. The molecular weight excluding hydrogens is 450 g/mol. The van der Waals surface area contributed by atoms with E-state index in [9.17, 15) is 22.4 Å². The molecule has 3 atom stereocenters. The van der Waals surface area contributed by atoms with E-state index in [1.807, 2.05) is 0 Å². The van der Waals surface area contributed by atoms with Crippen molar-refractivity contribution in [1.29, 1.82) is 0 Å². The molecule has 1 N–H and O–H groups in total. The van der Waals surface area contributed by atoms with Crippen LogP contribution in [0, 0.1) is 11.7 Å². The van der Waals surface area contributed by atoms with Crippen LogP contribution in [0.3, 0.4) is 0 Å². The Kier molecular flexibility index (Phi) is 5.66. The Morgan fingerprint density at radius 1 is 1.03 bits per heavy atom. The Hall–Kier alpha value is -3.56. The predicted molar refractivity (Wildman–Crippen MR) is 116 cm³/mol. The highest BCUT2D eigenvalue weighted by Gasteiger charge is 2.44. The molecule has 34 heavy (non-hydrogen) atoms. The van der Waals surface area contributed by atoms with Crippen LogP contribution in [0.2, 0.25) is 0 Å². The molecule has 3 heterocycles. The molecule has 5 rings (SSSR count). The molecule has 0 radical (unpaired) electrons. The van der Waals surface area contributed by atoms with Crippen LogP contribution >= 0.6 is 0 Å². The van der Waals surface area contributed by atoms with Gasteiger partial charge in [-0.2, -0.15) is 13.2 Å². The maximum Gasteiger partial charge on any atom is 0.417 e. The zero-order chi connectivity index (χ0) is 23.9. The Morgan fingerprint density at radius 2 is 1.82 bits per heavy atom. The van der Waals surface area contributed by atoms with Gasteiger partial charge in [0.05, 0.1) is 17.2 Å². The van der Waals surface area contributed by atoms with Crippen LogP contribution in [0.5, 0.6) is 0 Å². The molecule has 6 nitrogen and oxygen atoms in total. The fourth-order valence-electron chi connectivity index (χ4n) is 4.90. The van der Waals surface area contributed by atoms with Crippen LogP contribution in [0.15, 0.2) is 55.0 Å². The highest BCUT2D eigenvalue weighted by atomic mass is 19.4. The number of benzene rings is 1. The van der Waals surface area contributed by atoms with E-state index in [0.29, 0.717) is 17.9 Å².